The molecule has 0 aliphatic rings. The van der Waals surface area contributed by atoms with Crippen LogP contribution in [0.3, 0.4) is 0 Å². The summed E-state index contributed by atoms with van der Waals surface area (Å²) in [6.45, 7) is 4.46. The van der Waals surface area contributed by atoms with E-state index in [2.05, 4.69) is 5.32 Å². The molecule has 3 aromatic carbocycles. The molecule has 0 aromatic heterocycles. The van der Waals surface area contributed by atoms with Crippen LogP contribution in [0.15, 0.2) is 71.6 Å². The number of halogens is 6. The number of hydrogen-bond acceptors (Lipinski definition) is 4. The van der Waals surface area contributed by atoms with Crippen LogP contribution in [0.4, 0.5) is 18.9 Å². The van der Waals surface area contributed by atoms with Gasteiger partial charge in [-0.25, -0.2) is 8.42 Å². The van der Waals surface area contributed by atoms with Crippen LogP contribution in [0.1, 0.15) is 38.3 Å². The quantitative estimate of drug-likeness (QED) is 0.214. The smallest absolute Gasteiger partial charge is 0.354 e. The van der Waals surface area contributed by atoms with E-state index < -0.39 is 51.9 Å². The largest absolute Gasteiger partial charge is 0.416 e. The monoisotopic (exact) mass is 691 g/mol. The van der Waals surface area contributed by atoms with Gasteiger partial charge in [0.05, 0.1) is 21.2 Å². The molecule has 1 N–H and O–H groups in total. The topological polar surface area (TPSA) is 86.8 Å². The highest BCUT2D eigenvalue weighted by molar-refractivity contribution is 7.92. The molecule has 14 heteroatoms. The Kier molecular flexibility index (Phi) is 12.0. The summed E-state index contributed by atoms with van der Waals surface area (Å²) in [6.07, 6.45) is -4.71. The molecular weight excluding hydrogens is 662 g/mol. The molecule has 238 valence electrons. The third-order valence-corrected chi connectivity index (χ3v) is 9.41. The van der Waals surface area contributed by atoms with E-state index in [1.54, 1.807) is 31.2 Å². The van der Waals surface area contributed by atoms with Crippen molar-refractivity contribution >= 4 is 62.3 Å². The molecule has 0 saturated heterocycles. The van der Waals surface area contributed by atoms with Crippen molar-refractivity contribution in [2.75, 3.05) is 17.4 Å². The van der Waals surface area contributed by atoms with Gasteiger partial charge in [0.15, 0.2) is 0 Å². The van der Waals surface area contributed by atoms with Gasteiger partial charge in [0, 0.05) is 28.7 Å². The maximum absolute atomic E-state index is 14.2. The molecular formula is C30H31Cl3F3N3O4S. The van der Waals surface area contributed by atoms with Crippen LogP contribution >= 0.6 is 34.8 Å². The van der Waals surface area contributed by atoms with E-state index in [-0.39, 0.29) is 38.8 Å². The lowest BCUT2D eigenvalue weighted by Crippen LogP contribution is -2.52. The zero-order valence-corrected chi connectivity index (χ0v) is 27.1. The molecule has 3 aromatic rings. The van der Waals surface area contributed by atoms with Crippen molar-refractivity contribution in [2.45, 2.75) is 50.9 Å². The first kappa shape index (κ1) is 35.5. The van der Waals surface area contributed by atoms with Gasteiger partial charge in [0.1, 0.15) is 12.6 Å². The van der Waals surface area contributed by atoms with E-state index in [1.165, 1.54) is 24.3 Å². The number of sulfonamides is 1. The summed E-state index contributed by atoms with van der Waals surface area (Å²) in [5.74, 6) is -1.32. The number of anilines is 1. The van der Waals surface area contributed by atoms with E-state index in [0.29, 0.717) is 28.5 Å². The summed E-state index contributed by atoms with van der Waals surface area (Å²) >= 11 is 19.1. The summed E-state index contributed by atoms with van der Waals surface area (Å²) in [5, 5.41) is 2.83. The molecule has 7 nitrogen and oxygen atoms in total. The van der Waals surface area contributed by atoms with Gasteiger partial charge >= 0.3 is 6.18 Å². The minimum atomic E-state index is -4.83. The number of rotatable bonds is 12. The summed E-state index contributed by atoms with van der Waals surface area (Å²) in [6, 6.07) is 12.7. The summed E-state index contributed by atoms with van der Waals surface area (Å²) in [7, 11) is -4.65. The molecule has 0 saturated carbocycles. The number of nitrogens with zero attached hydrogens (tertiary/aromatic N) is 2. The highest BCUT2D eigenvalue weighted by Gasteiger charge is 2.37. The lowest BCUT2D eigenvalue weighted by atomic mass is 10.1. The van der Waals surface area contributed by atoms with Gasteiger partial charge in [-0.1, -0.05) is 79.8 Å². The van der Waals surface area contributed by atoms with Gasteiger partial charge in [-0.2, -0.15) is 13.2 Å². The lowest BCUT2D eigenvalue weighted by Gasteiger charge is -2.34. The van der Waals surface area contributed by atoms with Gasteiger partial charge in [0.2, 0.25) is 11.8 Å². The second kappa shape index (κ2) is 14.9. The maximum atomic E-state index is 14.2. The molecule has 0 fully saturated rings. The van der Waals surface area contributed by atoms with Crippen molar-refractivity contribution in [3.05, 3.63) is 92.9 Å². The van der Waals surface area contributed by atoms with Gasteiger partial charge in [-0.15, -0.1) is 0 Å². The van der Waals surface area contributed by atoms with Gasteiger partial charge in [-0.3, -0.25) is 13.9 Å². The average molecular weight is 693 g/mol. The van der Waals surface area contributed by atoms with Crippen molar-refractivity contribution in [1.29, 1.82) is 0 Å². The van der Waals surface area contributed by atoms with Crippen LogP contribution in [-0.2, 0) is 32.3 Å². The van der Waals surface area contributed by atoms with Gasteiger partial charge in [-0.05, 0) is 54.8 Å². The Balaban J connectivity index is 2.18. The second-order valence-corrected chi connectivity index (χ2v) is 13.4. The predicted octanol–water partition coefficient (Wildman–Crippen LogP) is 7.44. The van der Waals surface area contributed by atoms with Crippen molar-refractivity contribution < 1.29 is 31.2 Å². The Labute approximate surface area is 269 Å². The number of benzene rings is 3. The number of carbonyl (C=O) groups is 2. The first-order valence-electron chi connectivity index (χ1n) is 13.5. The fourth-order valence-corrected chi connectivity index (χ4v) is 6.54. The Bertz CT molecular complexity index is 1570. The van der Waals surface area contributed by atoms with Crippen molar-refractivity contribution in [3.8, 4) is 0 Å². The standard InChI is InChI=1S/C30H31Cl3F3N3O4S/c1-4-26(29(41)37-16-19(2)3)38(17-22-23(31)11-8-12-24(22)32)28(40)18-39(44(42,43)21-9-6-5-7-10-21)27-15-20(30(34,35)36)13-14-25(27)33/h5-15,19,26H,4,16-18H2,1-3H3,(H,37,41)/t26-/m1/s1. The Morgan fingerprint density at radius 3 is 2.07 bits per heavy atom. The van der Waals surface area contributed by atoms with Crippen LogP contribution in [0.2, 0.25) is 15.1 Å². The van der Waals surface area contributed by atoms with E-state index >= 15 is 0 Å². The fraction of sp³-hybridized carbons (Fsp3) is 0.333. The fourth-order valence-electron chi connectivity index (χ4n) is 4.31. The third-order valence-electron chi connectivity index (χ3n) is 6.61. The molecule has 1 atom stereocenters. The Hall–Kier alpha value is -2.99. The lowest BCUT2D eigenvalue weighted by molar-refractivity contribution is -0.140. The third kappa shape index (κ3) is 8.59. The molecule has 44 heavy (non-hydrogen) atoms. The highest BCUT2D eigenvalue weighted by Crippen LogP contribution is 2.37. The number of nitrogens with one attached hydrogen (secondary N) is 1. The van der Waals surface area contributed by atoms with Crippen LogP contribution in [-0.4, -0.2) is 44.3 Å². The zero-order valence-electron chi connectivity index (χ0n) is 24.0. The predicted molar refractivity (Wildman–Crippen MR) is 166 cm³/mol. The van der Waals surface area contributed by atoms with Gasteiger partial charge < -0.3 is 10.2 Å². The first-order valence-corrected chi connectivity index (χ1v) is 16.1. The van der Waals surface area contributed by atoms with E-state index in [9.17, 15) is 31.2 Å². The molecule has 3 rings (SSSR count). The number of alkyl halides is 3. The molecule has 2 amide bonds. The minimum Gasteiger partial charge on any atom is -0.354 e. The summed E-state index contributed by atoms with van der Waals surface area (Å²) < 4.78 is 69.5. The van der Waals surface area contributed by atoms with Crippen LogP contribution in [0, 0.1) is 5.92 Å². The molecule has 0 heterocycles. The number of carbonyl (C=O) groups excluding carboxylic acids is 2. The van der Waals surface area contributed by atoms with Crippen LogP contribution in [0.25, 0.3) is 0 Å². The number of hydrogen-bond donors (Lipinski definition) is 1. The summed E-state index contributed by atoms with van der Waals surface area (Å²) in [5.41, 5.74) is -1.43. The highest BCUT2D eigenvalue weighted by atomic mass is 35.5. The first-order chi connectivity index (χ1) is 20.6. The van der Waals surface area contributed by atoms with Crippen molar-refractivity contribution in [2.24, 2.45) is 5.92 Å². The molecule has 0 aliphatic heterocycles. The van der Waals surface area contributed by atoms with Crippen LogP contribution < -0.4 is 9.62 Å². The normalized spacial score (nSPS) is 12.6. The number of amides is 2. The Morgan fingerprint density at radius 2 is 1.52 bits per heavy atom. The molecule has 0 unspecified atom stereocenters. The van der Waals surface area contributed by atoms with E-state index in [1.807, 2.05) is 13.8 Å². The minimum absolute atomic E-state index is 0.0909. The summed E-state index contributed by atoms with van der Waals surface area (Å²) in [4.78, 5) is 28.3. The van der Waals surface area contributed by atoms with E-state index in [4.69, 9.17) is 34.8 Å². The average Bonchev–Trinajstić information content (AvgIpc) is 2.96. The SMILES string of the molecule is CC[C@H](C(=O)NCC(C)C)N(Cc1c(Cl)cccc1Cl)C(=O)CN(c1cc(C(F)(F)F)ccc1Cl)S(=O)(=O)c1ccccc1. The maximum Gasteiger partial charge on any atom is 0.416 e. The molecule has 0 bridgehead atoms. The Morgan fingerprint density at radius 1 is 0.909 bits per heavy atom. The van der Waals surface area contributed by atoms with E-state index in [0.717, 1.165) is 11.0 Å². The zero-order chi connectivity index (χ0) is 32.8. The van der Waals surface area contributed by atoms with Crippen molar-refractivity contribution in [1.82, 2.24) is 10.2 Å². The van der Waals surface area contributed by atoms with Gasteiger partial charge in [0.25, 0.3) is 10.0 Å². The molecule has 0 radical (unpaired) electrons. The molecule has 0 aliphatic carbocycles. The van der Waals surface area contributed by atoms with Crippen LogP contribution in [0.5, 0.6) is 0 Å². The second-order valence-electron chi connectivity index (χ2n) is 10.3. The van der Waals surface area contributed by atoms with Crippen molar-refractivity contribution in [3.63, 3.8) is 0 Å². The molecule has 0 spiro atoms.